The van der Waals surface area contributed by atoms with Crippen molar-refractivity contribution in [3.05, 3.63) is 61.7 Å². The van der Waals surface area contributed by atoms with Gasteiger partial charge in [0.1, 0.15) is 10.8 Å². The first-order valence-electron chi connectivity index (χ1n) is 11.3. The number of hydrogen-bond donors (Lipinski definition) is 2. The summed E-state index contributed by atoms with van der Waals surface area (Å²) in [5, 5.41) is 4.23. The van der Waals surface area contributed by atoms with Crippen molar-refractivity contribution in [2.24, 2.45) is 0 Å². The van der Waals surface area contributed by atoms with Crippen LogP contribution in [0.2, 0.25) is 5.02 Å². The third-order valence-electron chi connectivity index (χ3n) is 5.50. The van der Waals surface area contributed by atoms with E-state index in [1.807, 2.05) is 0 Å². The largest absolute Gasteiger partial charge is 0.462 e. The second kappa shape index (κ2) is 11.3. The molecule has 3 N–H and O–H groups in total. The summed E-state index contributed by atoms with van der Waals surface area (Å²) < 4.78 is 6.87. The van der Waals surface area contributed by atoms with Crippen molar-refractivity contribution in [3.63, 3.8) is 0 Å². The number of carbonyl (C=O) groups excluding carboxylic acids is 2. The molecule has 4 rings (SSSR count). The van der Waals surface area contributed by atoms with E-state index in [1.165, 1.54) is 17.4 Å². The van der Waals surface area contributed by atoms with Crippen LogP contribution in [0.4, 0.5) is 10.8 Å². The first-order chi connectivity index (χ1) is 16.9. The molecule has 0 radical (unpaired) electrons. The van der Waals surface area contributed by atoms with Crippen LogP contribution in [0.1, 0.15) is 47.0 Å². The van der Waals surface area contributed by atoms with Crippen LogP contribution in [0.5, 0.6) is 0 Å². The predicted molar refractivity (Wildman–Crippen MR) is 140 cm³/mol. The summed E-state index contributed by atoms with van der Waals surface area (Å²) in [7, 11) is 0. The fourth-order valence-corrected chi connectivity index (χ4v) is 6.21. The SMILES string of the molecule is CCOC(=O)c1c(NC(=O)CSc2nc(=O)cc(N)n2-c2ccc(Cl)cc2)sc2c1CCCCC2. The second-order valence-electron chi connectivity index (χ2n) is 7.94. The number of rotatable bonds is 7. The molecule has 3 aromatic rings. The highest BCUT2D eigenvalue weighted by molar-refractivity contribution is 7.99. The minimum Gasteiger partial charge on any atom is -0.462 e. The lowest BCUT2D eigenvalue weighted by molar-refractivity contribution is -0.113. The number of carbonyl (C=O) groups is 2. The molecule has 0 fully saturated rings. The molecule has 0 bridgehead atoms. The molecular weight excluding hydrogens is 508 g/mol. The molecule has 1 aliphatic rings. The van der Waals surface area contributed by atoms with E-state index in [2.05, 4.69) is 10.3 Å². The average Bonchev–Trinajstić information content (AvgIpc) is 2.98. The van der Waals surface area contributed by atoms with Crippen LogP contribution in [0.25, 0.3) is 5.69 Å². The number of hydrogen-bond acceptors (Lipinski definition) is 8. The highest BCUT2D eigenvalue weighted by atomic mass is 35.5. The number of thiophene rings is 1. The predicted octanol–water partition coefficient (Wildman–Crippen LogP) is 4.71. The Kier molecular flexibility index (Phi) is 8.15. The van der Waals surface area contributed by atoms with Crippen LogP contribution in [-0.4, -0.2) is 33.8 Å². The van der Waals surface area contributed by atoms with Gasteiger partial charge in [0, 0.05) is 21.7 Å². The molecule has 1 amide bonds. The zero-order valence-electron chi connectivity index (χ0n) is 19.1. The van der Waals surface area contributed by atoms with E-state index in [4.69, 9.17) is 22.1 Å². The molecule has 35 heavy (non-hydrogen) atoms. The molecule has 0 atom stereocenters. The van der Waals surface area contributed by atoms with Crippen molar-refractivity contribution >= 4 is 57.4 Å². The molecule has 0 unspecified atom stereocenters. The number of nitrogens with two attached hydrogens (primary N) is 1. The lowest BCUT2D eigenvalue weighted by atomic mass is 10.1. The number of thioether (sulfide) groups is 1. The summed E-state index contributed by atoms with van der Waals surface area (Å²) in [4.78, 5) is 42.8. The molecule has 0 saturated heterocycles. The number of esters is 1. The Hall–Kier alpha value is -2.82. The van der Waals surface area contributed by atoms with Gasteiger partial charge in [-0.25, -0.2) is 4.79 Å². The molecule has 1 aliphatic carbocycles. The van der Waals surface area contributed by atoms with Gasteiger partial charge in [-0.3, -0.25) is 14.2 Å². The Morgan fingerprint density at radius 3 is 2.71 bits per heavy atom. The van der Waals surface area contributed by atoms with Gasteiger partial charge in [0.15, 0.2) is 5.16 Å². The monoisotopic (exact) mass is 532 g/mol. The summed E-state index contributed by atoms with van der Waals surface area (Å²) in [6.07, 6.45) is 4.86. The minimum atomic E-state index is -0.498. The number of nitrogens with one attached hydrogen (secondary N) is 1. The molecule has 11 heteroatoms. The fraction of sp³-hybridized carbons (Fsp3) is 0.333. The second-order valence-corrected chi connectivity index (χ2v) is 10.4. The van der Waals surface area contributed by atoms with Crippen LogP contribution in [0, 0.1) is 0 Å². The van der Waals surface area contributed by atoms with Gasteiger partial charge in [0.25, 0.3) is 5.56 Å². The van der Waals surface area contributed by atoms with Crippen LogP contribution in [0.3, 0.4) is 0 Å². The average molecular weight is 533 g/mol. The number of aryl methyl sites for hydroxylation is 1. The van der Waals surface area contributed by atoms with Crippen LogP contribution in [-0.2, 0) is 22.4 Å². The first kappa shape index (κ1) is 25.3. The number of ether oxygens (including phenoxy) is 1. The standard InChI is InChI=1S/C24H25ClN4O4S2/c1-2-33-23(32)21-16-6-4-3-5-7-17(16)35-22(21)27-20(31)13-34-24-28-19(30)12-18(26)29(24)15-10-8-14(25)9-11-15/h8-12H,2-7,13,26H2,1H3,(H,27,31). The topological polar surface area (TPSA) is 116 Å². The fourth-order valence-electron chi connectivity index (χ4n) is 3.97. The molecule has 1 aromatic carbocycles. The number of amides is 1. The van der Waals surface area contributed by atoms with Gasteiger partial charge < -0.3 is 15.8 Å². The van der Waals surface area contributed by atoms with Crippen molar-refractivity contribution in [2.45, 2.75) is 44.2 Å². The molecular formula is C24H25ClN4O4S2. The maximum absolute atomic E-state index is 12.9. The van der Waals surface area contributed by atoms with Crippen molar-refractivity contribution in [1.29, 1.82) is 0 Å². The minimum absolute atomic E-state index is 0.0334. The highest BCUT2D eigenvalue weighted by Crippen LogP contribution is 2.38. The molecule has 184 valence electrons. The lowest BCUT2D eigenvalue weighted by Crippen LogP contribution is -2.20. The third kappa shape index (κ3) is 5.88. The van der Waals surface area contributed by atoms with Crippen molar-refractivity contribution in [1.82, 2.24) is 9.55 Å². The van der Waals surface area contributed by atoms with E-state index in [0.717, 1.165) is 54.3 Å². The van der Waals surface area contributed by atoms with Crippen LogP contribution < -0.4 is 16.6 Å². The van der Waals surface area contributed by atoms with Gasteiger partial charge in [-0.05, 0) is 62.4 Å². The number of halogens is 1. The van der Waals surface area contributed by atoms with Gasteiger partial charge in [0.05, 0.1) is 17.9 Å². The number of nitrogens with zero attached hydrogens (tertiary/aromatic N) is 2. The van der Waals surface area contributed by atoms with Gasteiger partial charge in [0.2, 0.25) is 5.91 Å². The summed E-state index contributed by atoms with van der Waals surface area (Å²) in [6, 6.07) is 8.13. The smallest absolute Gasteiger partial charge is 0.341 e. The molecule has 0 spiro atoms. The zero-order chi connectivity index (χ0) is 24.9. The number of anilines is 2. The number of aromatic nitrogens is 2. The van der Waals surface area contributed by atoms with E-state index < -0.39 is 11.5 Å². The van der Waals surface area contributed by atoms with Crippen molar-refractivity contribution < 1.29 is 14.3 Å². The van der Waals surface area contributed by atoms with Gasteiger partial charge >= 0.3 is 5.97 Å². The molecule has 0 aliphatic heterocycles. The summed E-state index contributed by atoms with van der Waals surface area (Å²) in [6.45, 7) is 2.02. The number of fused-ring (bicyclic) bond motifs is 1. The van der Waals surface area contributed by atoms with Crippen molar-refractivity contribution in [3.8, 4) is 5.69 Å². The highest BCUT2D eigenvalue weighted by Gasteiger charge is 2.26. The molecule has 0 saturated carbocycles. The van der Waals surface area contributed by atoms with E-state index in [-0.39, 0.29) is 29.2 Å². The van der Waals surface area contributed by atoms with Crippen LogP contribution in [0.15, 0.2) is 40.3 Å². The Bertz CT molecular complexity index is 1300. The molecule has 2 aromatic heterocycles. The van der Waals surface area contributed by atoms with E-state index >= 15 is 0 Å². The molecule has 2 heterocycles. The lowest BCUT2D eigenvalue weighted by Gasteiger charge is -2.15. The molecule has 8 nitrogen and oxygen atoms in total. The summed E-state index contributed by atoms with van der Waals surface area (Å²) in [5.41, 5.74) is 7.72. The van der Waals surface area contributed by atoms with E-state index in [0.29, 0.717) is 21.3 Å². The quantitative estimate of drug-likeness (QED) is 0.196. The Morgan fingerprint density at radius 1 is 1.23 bits per heavy atom. The Morgan fingerprint density at radius 2 is 1.97 bits per heavy atom. The Balaban J connectivity index is 1.56. The Labute approximate surface area is 215 Å². The summed E-state index contributed by atoms with van der Waals surface area (Å²) in [5.74, 6) is -0.573. The third-order valence-corrected chi connectivity index (χ3v) is 7.90. The van der Waals surface area contributed by atoms with Crippen LogP contribution >= 0.6 is 34.7 Å². The van der Waals surface area contributed by atoms with Gasteiger partial charge in [-0.1, -0.05) is 29.8 Å². The van der Waals surface area contributed by atoms with E-state index in [1.54, 1.807) is 35.8 Å². The zero-order valence-corrected chi connectivity index (χ0v) is 21.5. The first-order valence-corrected chi connectivity index (χ1v) is 13.4. The maximum atomic E-state index is 12.9. The van der Waals surface area contributed by atoms with Crippen molar-refractivity contribution in [2.75, 3.05) is 23.4 Å². The number of nitrogen functional groups attached to an aromatic ring is 1. The normalized spacial score (nSPS) is 13.1. The summed E-state index contributed by atoms with van der Waals surface area (Å²) >= 11 is 8.51. The maximum Gasteiger partial charge on any atom is 0.341 e. The van der Waals surface area contributed by atoms with Gasteiger partial charge in [-0.2, -0.15) is 4.98 Å². The van der Waals surface area contributed by atoms with E-state index in [9.17, 15) is 14.4 Å². The number of benzene rings is 1. The van der Waals surface area contributed by atoms with Gasteiger partial charge in [-0.15, -0.1) is 11.3 Å².